The third-order valence-corrected chi connectivity index (χ3v) is 5.05. The largest absolute Gasteiger partial charge is 0.306 e. The smallest absolute Gasteiger partial charge is 0.261 e. The fourth-order valence-electron chi connectivity index (χ4n) is 3.17. The van der Waals surface area contributed by atoms with Crippen molar-refractivity contribution in [3.8, 4) is 22.3 Å². The Kier molecular flexibility index (Phi) is 5.55. The van der Waals surface area contributed by atoms with E-state index in [9.17, 15) is 9.18 Å². The molecule has 6 heteroatoms. The average molecular weight is 418 g/mol. The molecule has 148 valence electrons. The molecule has 2 aromatic carbocycles. The van der Waals surface area contributed by atoms with E-state index in [1.807, 2.05) is 37.4 Å². The summed E-state index contributed by atoms with van der Waals surface area (Å²) in [5.41, 5.74) is 4.90. The van der Waals surface area contributed by atoms with Crippen LogP contribution >= 0.6 is 11.6 Å². The maximum atomic E-state index is 13.9. The molecule has 0 spiro atoms. The summed E-state index contributed by atoms with van der Waals surface area (Å²) in [6.45, 7) is 2.03. The third kappa shape index (κ3) is 4.07. The molecule has 4 aromatic rings. The van der Waals surface area contributed by atoms with E-state index in [4.69, 9.17) is 11.6 Å². The molecule has 0 unspecified atom stereocenters. The van der Waals surface area contributed by atoms with Crippen molar-refractivity contribution in [3.05, 3.63) is 101 Å². The quantitative estimate of drug-likeness (QED) is 0.432. The molecule has 1 amide bonds. The maximum Gasteiger partial charge on any atom is 0.261 e. The second kappa shape index (κ2) is 8.43. The number of hydrogen-bond acceptors (Lipinski definition) is 3. The number of amides is 1. The Morgan fingerprint density at radius 1 is 0.967 bits per heavy atom. The summed E-state index contributed by atoms with van der Waals surface area (Å²) >= 11 is 5.95. The van der Waals surface area contributed by atoms with Crippen molar-refractivity contribution in [2.75, 3.05) is 5.32 Å². The van der Waals surface area contributed by atoms with Gasteiger partial charge in [-0.05, 0) is 60.0 Å². The number of carbonyl (C=O) groups excluding carboxylic acids is 1. The van der Waals surface area contributed by atoms with Crippen molar-refractivity contribution in [3.63, 3.8) is 0 Å². The van der Waals surface area contributed by atoms with E-state index in [1.54, 1.807) is 18.5 Å². The first-order chi connectivity index (χ1) is 14.5. The number of anilines is 1. The number of hydrogen-bond donors (Lipinski definition) is 1. The summed E-state index contributed by atoms with van der Waals surface area (Å²) in [7, 11) is 0. The monoisotopic (exact) mass is 417 g/mol. The van der Waals surface area contributed by atoms with Crippen LogP contribution in [-0.4, -0.2) is 15.9 Å². The van der Waals surface area contributed by atoms with Crippen molar-refractivity contribution in [2.45, 2.75) is 6.92 Å². The van der Waals surface area contributed by atoms with Gasteiger partial charge in [-0.15, -0.1) is 0 Å². The lowest BCUT2D eigenvalue weighted by Gasteiger charge is -2.11. The van der Waals surface area contributed by atoms with Gasteiger partial charge in [0.2, 0.25) is 0 Å². The SMILES string of the molecule is Cc1ccc(-c2cccnc2)cc1-c1ccc(NC(=O)c2c(F)cccc2Cl)nc1. The normalized spacial score (nSPS) is 10.6. The molecular weight excluding hydrogens is 401 g/mol. The van der Waals surface area contributed by atoms with Crippen LogP contribution in [0.15, 0.2) is 79.3 Å². The Balaban J connectivity index is 1.59. The van der Waals surface area contributed by atoms with E-state index in [0.29, 0.717) is 5.82 Å². The Hall–Kier alpha value is -3.57. The first-order valence-corrected chi connectivity index (χ1v) is 9.63. The molecule has 0 saturated carbocycles. The molecule has 2 aromatic heterocycles. The second-order valence-electron chi connectivity index (χ2n) is 6.75. The lowest BCUT2D eigenvalue weighted by molar-refractivity contribution is 0.102. The summed E-state index contributed by atoms with van der Waals surface area (Å²) in [5.74, 6) is -1.02. The molecule has 0 aliphatic carbocycles. The van der Waals surface area contributed by atoms with E-state index >= 15 is 0 Å². The highest BCUT2D eigenvalue weighted by Crippen LogP contribution is 2.29. The fourth-order valence-corrected chi connectivity index (χ4v) is 3.42. The lowest BCUT2D eigenvalue weighted by atomic mass is 9.97. The summed E-state index contributed by atoms with van der Waals surface area (Å²) in [6, 6.07) is 17.7. The highest BCUT2D eigenvalue weighted by molar-refractivity contribution is 6.34. The molecule has 2 heterocycles. The summed E-state index contributed by atoms with van der Waals surface area (Å²) < 4.78 is 13.9. The zero-order chi connectivity index (χ0) is 21.1. The van der Waals surface area contributed by atoms with Crippen molar-refractivity contribution >= 4 is 23.3 Å². The van der Waals surface area contributed by atoms with Crippen molar-refractivity contribution < 1.29 is 9.18 Å². The predicted octanol–water partition coefficient (Wildman–Crippen LogP) is 6.16. The molecule has 0 saturated heterocycles. The van der Waals surface area contributed by atoms with Crippen LogP contribution in [0.3, 0.4) is 0 Å². The van der Waals surface area contributed by atoms with Gasteiger partial charge in [0.05, 0.1) is 10.6 Å². The highest BCUT2D eigenvalue weighted by Gasteiger charge is 2.16. The van der Waals surface area contributed by atoms with Crippen LogP contribution in [-0.2, 0) is 0 Å². The summed E-state index contributed by atoms with van der Waals surface area (Å²) in [6.07, 6.45) is 5.23. The first kappa shape index (κ1) is 19.7. The van der Waals surface area contributed by atoms with Crippen molar-refractivity contribution in [1.82, 2.24) is 9.97 Å². The van der Waals surface area contributed by atoms with Gasteiger partial charge in [0, 0.05) is 29.7 Å². The number of benzene rings is 2. The number of halogens is 2. The van der Waals surface area contributed by atoms with Gasteiger partial charge in [0.25, 0.3) is 5.91 Å². The third-order valence-electron chi connectivity index (χ3n) is 4.74. The minimum Gasteiger partial charge on any atom is -0.306 e. The maximum absolute atomic E-state index is 13.9. The molecule has 0 bridgehead atoms. The van der Waals surface area contributed by atoms with Crippen LogP contribution < -0.4 is 5.32 Å². The molecule has 0 aliphatic rings. The minimum atomic E-state index is -0.681. The Bertz CT molecular complexity index is 1190. The van der Waals surface area contributed by atoms with Gasteiger partial charge >= 0.3 is 0 Å². The highest BCUT2D eigenvalue weighted by atomic mass is 35.5. The van der Waals surface area contributed by atoms with Gasteiger partial charge in [0.1, 0.15) is 11.6 Å². The van der Waals surface area contributed by atoms with E-state index < -0.39 is 11.7 Å². The predicted molar refractivity (Wildman–Crippen MR) is 117 cm³/mol. The molecule has 4 nitrogen and oxygen atoms in total. The number of rotatable bonds is 4. The molecule has 1 N–H and O–H groups in total. The molecule has 0 atom stereocenters. The average Bonchev–Trinajstić information content (AvgIpc) is 2.75. The zero-order valence-electron chi connectivity index (χ0n) is 16.1. The number of aromatic nitrogens is 2. The minimum absolute atomic E-state index is 0.0481. The molecule has 0 radical (unpaired) electrons. The molecule has 0 aliphatic heterocycles. The van der Waals surface area contributed by atoms with E-state index in [0.717, 1.165) is 27.8 Å². The molecule has 4 rings (SSSR count). The number of aryl methyl sites for hydroxylation is 1. The topological polar surface area (TPSA) is 54.9 Å². The van der Waals surface area contributed by atoms with E-state index in [-0.39, 0.29) is 10.6 Å². The van der Waals surface area contributed by atoms with Gasteiger partial charge in [-0.1, -0.05) is 35.9 Å². The first-order valence-electron chi connectivity index (χ1n) is 9.26. The van der Waals surface area contributed by atoms with Crippen molar-refractivity contribution in [1.29, 1.82) is 0 Å². The van der Waals surface area contributed by atoms with Gasteiger partial charge in [-0.3, -0.25) is 9.78 Å². The van der Waals surface area contributed by atoms with Gasteiger partial charge < -0.3 is 5.32 Å². The fraction of sp³-hybridized carbons (Fsp3) is 0.0417. The number of carbonyl (C=O) groups is 1. The second-order valence-corrected chi connectivity index (χ2v) is 7.16. The van der Waals surface area contributed by atoms with Crippen LogP contribution in [0.25, 0.3) is 22.3 Å². The van der Waals surface area contributed by atoms with E-state index in [2.05, 4.69) is 27.4 Å². The standard InChI is InChI=1S/C24H17ClFN3O/c1-15-7-8-16(17-4-3-11-27-13-17)12-19(15)18-9-10-22(28-14-18)29-24(30)23-20(25)5-2-6-21(23)26/h2-14H,1H3,(H,28,29,30). The van der Waals surface area contributed by atoms with Crippen LogP contribution in [0.5, 0.6) is 0 Å². The Morgan fingerprint density at radius 3 is 2.50 bits per heavy atom. The van der Waals surface area contributed by atoms with Gasteiger partial charge in [-0.25, -0.2) is 9.37 Å². The Morgan fingerprint density at radius 2 is 1.80 bits per heavy atom. The van der Waals surface area contributed by atoms with Gasteiger partial charge in [0.15, 0.2) is 0 Å². The number of nitrogens with zero attached hydrogens (tertiary/aromatic N) is 2. The molecular formula is C24H17ClFN3O. The lowest BCUT2D eigenvalue weighted by Crippen LogP contribution is -2.15. The molecule has 0 fully saturated rings. The molecule has 30 heavy (non-hydrogen) atoms. The van der Waals surface area contributed by atoms with Crippen LogP contribution in [0.1, 0.15) is 15.9 Å². The van der Waals surface area contributed by atoms with Crippen molar-refractivity contribution in [2.24, 2.45) is 0 Å². The van der Waals surface area contributed by atoms with Crippen LogP contribution in [0, 0.1) is 12.7 Å². The van der Waals surface area contributed by atoms with E-state index in [1.165, 1.54) is 18.2 Å². The zero-order valence-corrected chi connectivity index (χ0v) is 16.8. The van der Waals surface area contributed by atoms with Crippen LogP contribution in [0.4, 0.5) is 10.2 Å². The van der Waals surface area contributed by atoms with Crippen LogP contribution in [0.2, 0.25) is 5.02 Å². The number of nitrogens with one attached hydrogen (secondary N) is 1. The summed E-state index contributed by atoms with van der Waals surface area (Å²) in [4.78, 5) is 20.9. The Labute approximate surface area is 178 Å². The van der Waals surface area contributed by atoms with Gasteiger partial charge in [-0.2, -0.15) is 0 Å². The number of pyridine rings is 2. The summed E-state index contributed by atoms with van der Waals surface area (Å²) in [5, 5.41) is 2.64.